The summed E-state index contributed by atoms with van der Waals surface area (Å²) in [5.74, 6) is 5.78. The molecule has 0 aromatic rings. The van der Waals surface area contributed by atoms with Crippen LogP contribution in [-0.4, -0.2) is 35.0 Å². The van der Waals surface area contributed by atoms with Gasteiger partial charge in [-0.25, -0.2) is 4.79 Å². The van der Waals surface area contributed by atoms with Crippen molar-refractivity contribution in [3.63, 3.8) is 0 Å². The summed E-state index contributed by atoms with van der Waals surface area (Å²) in [6, 6.07) is -0.799. The van der Waals surface area contributed by atoms with Gasteiger partial charge in [-0.2, -0.15) is 11.8 Å². The fraction of sp³-hybridized carbons (Fsp3) is 0.556. The van der Waals surface area contributed by atoms with Crippen LogP contribution in [0.2, 0.25) is 0 Å². The molecule has 0 rings (SSSR count). The van der Waals surface area contributed by atoms with Crippen molar-refractivity contribution >= 4 is 24.1 Å². The van der Waals surface area contributed by atoms with E-state index in [9.17, 15) is 9.59 Å². The standard InChI is InChI=1S/C9H13NO3S/c1-2-3-4-5-14-6-8(9(12)13)10-7-11/h7-8H,4-6H2,1H3,(H,10,11)(H,12,13). The Labute approximate surface area is 87.4 Å². The van der Waals surface area contributed by atoms with Crippen LogP contribution in [0.3, 0.4) is 0 Å². The molecular formula is C9H13NO3S. The van der Waals surface area contributed by atoms with E-state index in [4.69, 9.17) is 5.11 Å². The predicted molar refractivity (Wildman–Crippen MR) is 56.0 cm³/mol. The highest BCUT2D eigenvalue weighted by Crippen LogP contribution is 2.04. The number of carboxylic acids is 1. The van der Waals surface area contributed by atoms with E-state index in [2.05, 4.69) is 17.2 Å². The van der Waals surface area contributed by atoms with Gasteiger partial charge in [0.1, 0.15) is 6.04 Å². The third kappa shape index (κ3) is 6.38. The van der Waals surface area contributed by atoms with E-state index >= 15 is 0 Å². The van der Waals surface area contributed by atoms with E-state index < -0.39 is 12.0 Å². The van der Waals surface area contributed by atoms with E-state index in [1.165, 1.54) is 11.8 Å². The quantitative estimate of drug-likeness (QED) is 0.365. The Balaban J connectivity index is 3.64. The highest BCUT2D eigenvalue weighted by molar-refractivity contribution is 7.99. The number of rotatable bonds is 7. The maximum atomic E-state index is 10.5. The summed E-state index contributed by atoms with van der Waals surface area (Å²) >= 11 is 1.46. The van der Waals surface area contributed by atoms with Crippen LogP contribution in [0, 0.1) is 11.8 Å². The lowest BCUT2D eigenvalue weighted by Gasteiger charge is -2.09. The van der Waals surface area contributed by atoms with Gasteiger partial charge in [0, 0.05) is 17.9 Å². The summed E-state index contributed by atoms with van der Waals surface area (Å²) in [5.41, 5.74) is 0. The van der Waals surface area contributed by atoms with Crippen molar-refractivity contribution < 1.29 is 14.7 Å². The predicted octanol–water partition coefficient (Wildman–Crippen LogP) is 0.332. The number of carboxylic acid groups (broad SMARTS) is 1. The first-order valence-electron chi connectivity index (χ1n) is 4.12. The maximum Gasteiger partial charge on any atom is 0.327 e. The molecule has 78 valence electrons. The minimum Gasteiger partial charge on any atom is -0.480 e. The molecule has 5 heteroatoms. The minimum atomic E-state index is -1.01. The molecule has 0 aliphatic carbocycles. The van der Waals surface area contributed by atoms with Gasteiger partial charge >= 0.3 is 5.97 Å². The lowest BCUT2D eigenvalue weighted by Crippen LogP contribution is -2.37. The van der Waals surface area contributed by atoms with Gasteiger partial charge in [0.05, 0.1) is 0 Å². The van der Waals surface area contributed by atoms with Crippen molar-refractivity contribution in [1.82, 2.24) is 5.32 Å². The Morgan fingerprint density at radius 1 is 1.71 bits per heavy atom. The molecule has 0 heterocycles. The van der Waals surface area contributed by atoms with Gasteiger partial charge in [0.25, 0.3) is 0 Å². The molecule has 0 saturated heterocycles. The van der Waals surface area contributed by atoms with Crippen molar-refractivity contribution in [2.75, 3.05) is 11.5 Å². The Morgan fingerprint density at radius 2 is 2.43 bits per heavy atom. The van der Waals surface area contributed by atoms with Crippen LogP contribution in [0.25, 0.3) is 0 Å². The average Bonchev–Trinajstić information content (AvgIpc) is 2.15. The molecule has 2 N–H and O–H groups in total. The average molecular weight is 215 g/mol. The van der Waals surface area contributed by atoms with Crippen molar-refractivity contribution in [3.8, 4) is 11.8 Å². The zero-order chi connectivity index (χ0) is 10.8. The summed E-state index contributed by atoms with van der Waals surface area (Å²) in [6.45, 7) is 1.76. The number of hydrogen-bond donors (Lipinski definition) is 2. The first-order valence-corrected chi connectivity index (χ1v) is 5.27. The maximum absolute atomic E-state index is 10.5. The molecule has 0 radical (unpaired) electrons. The van der Waals surface area contributed by atoms with E-state index in [1.807, 2.05) is 0 Å². The zero-order valence-electron chi connectivity index (χ0n) is 7.95. The van der Waals surface area contributed by atoms with Gasteiger partial charge in [-0.1, -0.05) is 0 Å². The van der Waals surface area contributed by atoms with E-state index in [0.29, 0.717) is 12.2 Å². The Hall–Kier alpha value is -1.15. The zero-order valence-corrected chi connectivity index (χ0v) is 8.76. The number of amides is 1. The molecule has 4 nitrogen and oxygen atoms in total. The minimum absolute atomic E-state index is 0.374. The third-order valence-corrected chi connectivity index (χ3v) is 2.46. The number of nitrogens with one attached hydrogen (secondary N) is 1. The molecule has 1 unspecified atom stereocenters. The summed E-state index contributed by atoms with van der Waals surface area (Å²) in [6.07, 6.45) is 1.15. The number of carbonyl (C=O) groups excluding carboxylic acids is 1. The Kier molecular flexibility index (Phi) is 7.75. The van der Waals surface area contributed by atoms with Crippen LogP contribution < -0.4 is 5.32 Å². The van der Waals surface area contributed by atoms with Crippen LogP contribution in [-0.2, 0) is 9.59 Å². The molecule has 0 aliphatic heterocycles. The van der Waals surface area contributed by atoms with E-state index in [0.717, 1.165) is 12.2 Å². The summed E-state index contributed by atoms with van der Waals surface area (Å²) in [5, 5.41) is 10.9. The normalized spacial score (nSPS) is 10.9. The second-order valence-corrected chi connectivity index (χ2v) is 3.58. The lowest BCUT2D eigenvalue weighted by atomic mass is 10.3. The fourth-order valence-electron chi connectivity index (χ4n) is 0.722. The van der Waals surface area contributed by atoms with Gasteiger partial charge in [-0.05, 0) is 6.92 Å². The molecule has 0 bridgehead atoms. The number of hydrogen-bond acceptors (Lipinski definition) is 3. The fourth-order valence-corrected chi connectivity index (χ4v) is 1.61. The van der Waals surface area contributed by atoms with Gasteiger partial charge in [-0.15, -0.1) is 11.8 Å². The largest absolute Gasteiger partial charge is 0.480 e. The Morgan fingerprint density at radius 3 is 2.93 bits per heavy atom. The number of carbonyl (C=O) groups is 2. The second kappa shape index (κ2) is 8.45. The summed E-state index contributed by atoms with van der Waals surface area (Å²) < 4.78 is 0. The molecule has 0 spiro atoms. The monoisotopic (exact) mass is 215 g/mol. The first-order chi connectivity index (χ1) is 6.72. The van der Waals surface area contributed by atoms with Crippen LogP contribution >= 0.6 is 11.8 Å². The van der Waals surface area contributed by atoms with Gasteiger partial charge in [0.15, 0.2) is 0 Å². The van der Waals surface area contributed by atoms with Gasteiger partial charge in [0.2, 0.25) is 6.41 Å². The van der Waals surface area contributed by atoms with Crippen LogP contribution in [0.5, 0.6) is 0 Å². The smallest absolute Gasteiger partial charge is 0.327 e. The van der Waals surface area contributed by atoms with Crippen molar-refractivity contribution in [2.24, 2.45) is 0 Å². The molecule has 1 atom stereocenters. The van der Waals surface area contributed by atoms with Crippen LogP contribution in [0.1, 0.15) is 13.3 Å². The highest BCUT2D eigenvalue weighted by Gasteiger charge is 2.15. The van der Waals surface area contributed by atoms with Crippen molar-refractivity contribution in [1.29, 1.82) is 0 Å². The SMILES string of the molecule is CC#CCCSCC(NC=O)C(=O)O. The van der Waals surface area contributed by atoms with Crippen LogP contribution in [0.4, 0.5) is 0 Å². The highest BCUT2D eigenvalue weighted by atomic mass is 32.2. The second-order valence-electron chi connectivity index (χ2n) is 2.43. The van der Waals surface area contributed by atoms with Crippen molar-refractivity contribution in [3.05, 3.63) is 0 Å². The molecule has 0 aromatic heterocycles. The number of thioether (sulfide) groups is 1. The van der Waals surface area contributed by atoms with Gasteiger partial charge in [-0.3, -0.25) is 4.79 Å². The number of aliphatic carboxylic acids is 1. The molecular weight excluding hydrogens is 202 g/mol. The molecule has 0 fully saturated rings. The third-order valence-electron chi connectivity index (χ3n) is 1.40. The Bertz CT molecular complexity index is 244. The summed E-state index contributed by atoms with van der Waals surface area (Å²) in [4.78, 5) is 20.6. The topological polar surface area (TPSA) is 66.4 Å². The molecule has 1 amide bonds. The first kappa shape index (κ1) is 12.8. The van der Waals surface area contributed by atoms with Gasteiger partial charge < -0.3 is 10.4 Å². The summed E-state index contributed by atoms with van der Waals surface area (Å²) in [7, 11) is 0. The molecule has 14 heavy (non-hydrogen) atoms. The molecule has 0 aliphatic rings. The van der Waals surface area contributed by atoms with E-state index in [-0.39, 0.29) is 0 Å². The van der Waals surface area contributed by atoms with Crippen LogP contribution in [0.15, 0.2) is 0 Å². The molecule has 0 aromatic carbocycles. The van der Waals surface area contributed by atoms with E-state index in [1.54, 1.807) is 6.92 Å². The molecule has 0 saturated carbocycles. The lowest BCUT2D eigenvalue weighted by molar-refractivity contribution is -0.139. The van der Waals surface area contributed by atoms with Crippen molar-refractivity contribution in [2.45, 2.75) is 19.4 Å².